The third-order valence-corrected chi connectivity index (χ3v) is 2.96. The molecule has 0 aliphatic rings. The first kappa shape index (κ1) is 12.0. The highest BCUT2D eigenvalue weighted by Crippen LogP contribution is 2.14. The monoisotopic (exact) mass is 225 g/mol. The molecule has 4 heteroatoms. The van der Waals surface area contributed by atoms with E-state index in [1.807, 2.05) is 6.92 Å². The summed E-state index contributed by atoms with van der Waals surface area (Å²) in [6, 6.07) is 4.25. The summed E-state index contributed by atoms with van der Waals surface area (Å²) in [5.74, 6) is 1.09. The molecule has 1 rings (SSSR count). The smallest absolute Gasteiger partial charge is 0.188 e. The molecule has 0 saturated carbocycles. The molecule has 1 unspecified atom stereocenters. The Labute approximate surface area is 95.4 Å². The van der Waals surface area contributed by atoms with E-state index in [-0.39, 0.29) is 0 Å². The van der Waals surface area contributed by atoms with E-state index in [9.17, 15) is 0 Å². The molecule has 0 saturated heterocycles. The highest BCUT2D eigenvalue weighted by molar-refractivity contribution is 7.09. The zero-order valence-corrected chi connectivity index (χ0v) is 10.2. The second kappa shape index (κ2) is 6.45. The maximum Gasteiger partial charge on any atom is 0.188 e. The summed E-state index contributed by atoms with van der Waals surface area (Å²) in [6.07, 6.45) is 1.08. The van der Waals surface area contributed by atoms with Gasteiger partial charge in [0.05, 0.1) is 0 Å². The van der Waals surface area contributed by atoms with Crippen LogP contribution in [0, 0.1) is 5.92 Å². The largest absolute Gasteiger partial charge is 0.370 e. The molecule has 0 radical (unpaired) electrons. The van der Waals surface area contributed by atoms with E-state index in [1.165, 1.54) is 4.88 Å². The van der Waals surface area contributed by atoms with Crippen LogP contribution in [0.25, 0.3) is 0 Å². The van der Waals surface area contributed by atoms with Crippen molar-refractivity contribution in [2.45, 2.75) is 20.3 Å². The van der Waals surface area contributed by atoms with E-state index in [4.69, 9.17) is 5.73 Å². The average Bonchev–Trinajstić information content (AvgIpc) is 2.68. The van der Waals surface area contributed by atoms with Crippen LogP contribution in [0.3, 0.4) is 0 Å². The lowest BCUT2D eigenvalue weighted by Gasteiger charge is -2.07. The van der Waals surface area contributed by atoms with Gasteiger partial charge in [-0.25, -0.2) is 0 Å². The van der Waals surface area contributed by atoms with Crippen LogP contribution >= 0.6 is 11.3 Å². The van der Waals surface area contributed by atoms with Crippen molar-refractivity contribution in [3.05, 3.63) is 22.4 Å². The molecule has 1 aromatic rings. The Morgan fingerprint density at radius 2 is 2.47 bits per heavy atom. The number of nitrogens with zero attached hydrogens (tertiary/aromatic N) is 1. The lowest BCUT2D eigenvalue weighted by atomic mass is 10.1. The Bertz CT molecular complexity index is 293. The average molecular weight is 225 g/mol. The third kappa shape index (κ3) is 4.83. The molecule has 0 aliphatic carbocycles. The summed E-state index contributed by atoms with van der Waals surface area (Å²) in [4.78, 5) is 5.70. The van der Waals surface area contributed by atoms with Crippen LogP contribution in [0.5, 0.6) is 0 Å². The Morgan fingerprint density at radius 3 is 3.07 bits per heavy atom. The number of thiophene rings is 1. The van der Waals surface area contributed by atoms with Crippen LogP contribution in [0.15, 0.2) is 22.5 Å². The van der Waals surface area contributed by atoms with E-state index in [0.29, 0.717) is 11.9 Å². The van der Waals surface area contributed by atoms with Gasteiger partial charge < -0.3 is 11.1 Å². The fraction of sp³-hybridized carbons (Fsp3) is 0.545. The maximum atomic E-state index is 5.65. The van der Waals surface area contributed by atoms with Crippen molar-refractivity contribution in [2.75, 3.05) is 13.1 Å². The normalized spacial score (nSPS) is 13.9. The minimum atomic E-state index is 0.542. The van der Waals surface area contributed by atoms with E-state index >= 15 is 0 Å². The molecular formula is C11H19N3S. The molecule has 0 fully saturated rings. The van der Waals surface area contributed by atoms with Crippen molar-refractivity contribution in [2.24, 2.45) is 16.6 Å². The van der Waals surface area contributed by atoms with Gasteiger partial charge in [-0.15, -0.1) is 11.3 Å². The number of rotatable bonds is 5. The van der Waals surface area contributed by atoms with Crippen molar-refractivity contribution in [3.63, 3.8) is 0 Å². The highest BCUT2D eigenvalue weighted by atomic mass is 32.1. The Balaban J connectivity index is 2.30. The summed E-state index contributed by atoms with van der Waals surface area (Å²) in [5.41, 5.74) is 5.65. The van der Waals surface area contributed by atoms with Crippen LogP contribution in [0.1, 0.15) is 18.7 Å². The highest BCUT2D eigenvalue weighted by Gasteiger charge is 2.03. The summed E-state index contributed by atoms with van der Waals surface area (Å²) in [7, 11) is 0. The zero-order valence-electron chi connectivity index (χ0n) is 9.36. The molecular weight excluding hydrogens is 206 g/mol. The van der Waals surface area contributed by atoms with E-state index in [0.717, 1.165) is 19.5 Å². The van der Waals surface area contributed by atoms with E-state index in [2.05, 4.69) is 34.7 Å². The molecule has 0 bridgehead atoms. The molecule has 1 aromatic heterocycles. The number of nitrogens with two attached hydrogens (primary N) is 1. The van der Waals surface area contributed by atoms with Crippen LogP contribution in [-0.4, -0.2) is 19.0 Å². The van der Waals surface area contributed by atoms with Gasteiger partial charge in [0.1, 0.15) is 0 Å². The summed E-state index contributed by atoms with van der Waals surface area (Å²) in [6.45, 7) is 5.82. The van der Waals surface area contributed by atoms with Crippen LogP contribution in [0.2, 0.25) is 0 Å². The lowest BCUT2D eigenvalue weighted by Crippen LogP contribution is -2.31. The molecule has 84 valence electrons. The summed E-state index contributed by atoms with van der Waals surface area (Å²) < 4.78 is 0. The SMILES string of the molecule is CCNC(N)=NCC(C)Cc1cccs1. The number of aliphatic imine (C=N–C) groups is 1. The Morgan fingerprint density at radius 1 is 1.67 bits per heavy atom. The van der Waals surface area contributed by atoms with Crippen molar-refractivity contribution >= 4 is 17.3 Å². The molecule has 0 aromatic carbocycles. The summed E-state index contributed by atoms with van der Waals surface area (Å²) in [5, 5.41) is 5.10. The van der Waals surface area contributed by atoms with Gasteiger partial charge >= 0.3 is 0 Å². The van der Waals surface area contributed by atoms with Crippen LogP contribution in [0.4, 0.5) is 0 Å². The molecule has 15 heavy (non-hydrogen) atoms. The Kier molecular flexibility index (Phi) is 5.18. The number of guanidine groups is 1. The van der Waals surface area contributed by atoms with Gasteiger partial charge in [-0.05, 0) is 30.7 Å². The fourth-order valence-corrected chi connectivity index (χ4v) is 2.20. The van der Waals surface area contributed by atoms with Gasteiger partial charge in [-0.1, -0.05) is 13.0 Å². The molecule has 0 spiro atoms. The van der Waals surface area contributed by atoms with Crippen LogP contribution in [-0.2, 0) is 6.42 Å². The standard InChI is InChI=1S/C11H19N3S/c1-3-13-11(12)14-8-9(2)7-10-5-4-6-15-10/h4-6,9H,3,7-8H2,1-2H3,(H3,12,13,14). The molecule has 0 amide bonds. The van der Waals surface area contributed by atoms with E-state index < -0.39 is 0 Å². The predicted molar refractivity (Wildman–Crippen MR) is 67.4 cm³/mol. The van der Waals surface area contributed by atoms with Crippen LogP contribution < -0.4 is 11.1 Å². The Hall–Kier alpha value is -1.03. The van der Waals surface area contributed by atoms with Gasteiger partial charge in [0, 0.05) is 18.0 Å². The zero-order chi connectivity index (χ0) is 11.1. The number of hydrogen-bond acceptors (Lipinski definition) is 2. The van der Waals surface area contributed by atoms with Crippen molar-refractivity contribution in [1.29, 1.82) is 0 Å². The van der Waals surface area contributed by atoms with Gasteiger partial charge in [0.2, 0.25) is 0 Å². The second-order valence-electron chi connectivity index (χ2n) is 3.64. The molecule has 0 aliphatic heterocycles. The first-order chi connectivity index (χ1) is 7.22. The second-order valence-corrected chi connectivity index (χ2v) is 4.68. The van der Waals surface area contributed by atoms with Crippen molar-refractivity contribution in [1.82, 2.24) is 5.32 Å². The van der Waals surface area contributed by atoms with Gasteiger partial charge in [0.25, 0.3) is 0 Å². The lowest BCUT2D eigenvalue weighted by molar-refractivity contribution is 0.597. The quantitative estimate of drug-likeness (QED) is 0.593. The maximum absolute atomic E-state index is 5.65. The topological polar surface area (TPSA) is 50.4 Å². The van der Waals surface area contributed by atoms with Gasteiger partial charge in [0.15, 0.2) is 5.96 Å². The minimum Gasteiger partial charge on any atom is -0.370 e. The molecule has 3 nitrogen and oxygen atoms in total. The number of hydrogen-bond donors (Lipinski definition) is 2. The first-order valence-corrected chi connectivity index (χ1v) is 6.16. The minimum absolute atomic E-state index is 0.542. The number of nitrogens with one attached hydrogen (secondary N) is 1. The third-order valence-electron chi connectivity index (χ3n) is 2.06. The van der Waals surface area contributed by atoms with Crippen molar-refractivity contribution < 1.29 is 0 Å². The molecule has 1 atom stereocenters. The fourth-order valence-electron chi connectivity index (χ4n) is 1.33. The summed E-state index contributed by atoms with van der Waals surface area (Å²) >= 11 is 1.80. The first-order valence-electron chi connectivity index (χ1n) is 5.28. The van der Waals surface area contributed by atoms with Gasteiger partial charge in [-0.3, -0.25) is 4.99 Å². The van der Waals surface area contributed by atoms with Gasteiger partial charge in [-0.2, -0.15) is 0 Å². The molecule has 3 N–H and O–H groups in total. The van der Waals surface area contributed by atoms with E-state index in [1.54, 1.807) is 11.3 Å². The molecule has 1 heterocycles. The predicted octanol–water partition coefficient (Wildman–Crippen LogP) is 1.85. The van der Waals surface area contributed by atoms with Crippen molar-refractivity contribution in [3.8, 4) is 0 Å².